The van der Waals surface area contributed by atoms with Gasteiger partial charge in [0.2, 0.25) is 0 Å². The molecule has 0 spiro atoms. The van der Waals surface area contributed by atoms with E-state index in [4.69, 9.17) is 0 Å². The normalized spacial score (nSPS) is 40.5. The van der Waals surface area contributed by atoms with Crippen LogP contribution in [0.15, 0.2) is 18.2 Å². The van der Waals surface area contributed by atoms with Crippen molar-refractivity contribution in [3.63, 3.8) is 0 Å². The highest BCUT2D eigenvalue weighted by Crippen LogP contribution is 2.63. The Morgan fingerprint density at radius 1 is 1.29 bits per heavy atom. The molecule has 3 aliphatic rings. The number of hydrogen-bond donors (Lipinski definition) is 3. The predicted octanol–water partition coefficient (Wildman–Crippen LogP) is 3.31. The molecule has 130 valence electrons. The summed E-state index contributed by atoms with van der Waals surface area (Å²) in [6.45, 7) is 2.17. The largest absolute Gasteiger partial charge is 0.508 e. The van der Waals surface area contributed by atoms with Gasteiger partial charge in [0.05, 0.1) is 6.10 Å². The summed E-state index contributed by atoms with van der Waals surface area (Å²) in [7, 11) is 0. The minimum atomic E-state index is -0.751. The number of carboxylic acid groups (broad SMARTS) is 1. The second kappa shape index (κ2) is 5.48. The molecule has 0 heterocycles. The van der Waals surface area contributed by atoms with Crippen LogP contribution in [-0.4, -0.2) is 27.4 Å². The van der Waals surface area contributed by atoms with E-state index in [2.05, 4.69) is 6.92 Å². The molecule has 0 aromatic heterocycles. The first-order valence-corrected chi connectivity index (χ1v) is 9.12. The molecule has 2 fully saturated rings. The fourth-order valence-electron chi connectivity index (χ4n) is 6.27. The Morgan fingerprint density at radius 3 is 2.83 bits per heavy atom. The zero-order valence-electron chi connectivity index (χ0n) is 14.1. The number of aromatic hydroxyl groups is 1. The van der Waals surface area contributed by atoms with Crippen molar-refractivity contribution in [1.82, 2.24) is 0 Å². The molecule has 1 aromatic rings. The number of fused-ring (bicyclic) bond motifs is 5. The van der Waals surface area contributed by atoms with Crippen molar-refractivity contribution >= 4 is 5.97 Å². The third-order valence-electron chi connectivity index (χ3n) is 7.22. The number of rotatable bonds is 2. The second-order valence-corrected chi connectivity index (χ2v) is 8.38. The summed E-state index contributed by atoms with van der Waals surface area (Å²) in [5, 5.41) is 29.8. The number of phenolic OH excluding ortho intramolecular Hbond substituents is 1. The Balaban J connectivity index is 1.78. The van der Waals surface area contributed by atoms with Crippen LogP contribution in [0.1, 0.15) is 56.1 Å². The molecule has 4 rings (SSSR count). The van der Waals surface area contributed by atoms with Crippen LogP contribution in [0.3, 0.4) is 0 Å². The topological polar surface area (TPSA) is 77.8 Å². The van der Waals surface area contributed by atoms with Crippen LogP contribution in [-0.2, 0) is 11.2 Å². The van der Waals surface area contributed by atoms with Crippen molar-refractivity contribution in [2.45, 2.75) is 57.5 Å². The standard InChI is InChI=1S/C20H26O4/c1-20-10-12(9-18(23)24)19-14-5-3-13(21)8-11(14)2-4-15(19)16(20)6-7-17(20)22/h3,5,8,12,15-17,19,21-22H,2,4,6-7,9-10H2,1H3,(H,23,24)/t12?,15-,16-,17+,19+,20-/m0/s1. The number of aliphatic carboxylic acids is 1. The average molecular weight is 330 g/mol. The summed E-state index contributed by atoms with van der Waals surface area (Å²) in [4.78, 5) is 11.5. The van der Waals surface area contributed by atoms with E-state index in [0.717, 1.165) is 32.1 Å². The second-order valence-electron chi connectivity index (χ2n) is 8.38. The van der Waals surface area contributed by atoms with Gasteiger partial charge in [-0.05, 0) is 84.5 Å². The number of carbonyl (C=O) groups is 1. The van der Waals surface area contributed by atoms with Gasteiger partial charge in [-0.1, -0.05) is 13.0 Å². The molecular weight excluding hydrogens is 304 g/mol. The van der Waals surface area contributed by atoms with E-state index in [1.165, 1.54) is 11.1 Å². The highest BCUT2D eigenvalue weighted by Gasteiger charge is 2.57. The van der Waals surface area contributed by atoms with E-state index in [1.54, 1.807) is 6.07 Å². The molecule has 0 saturated heterocycles. The summed E-state index contributed by atoms with van der Waals surface area (Å²) >= 11 is 0. The highest BCUT2D eigenvalue weighted by molar-refractivity contribution is 5.67. The number of phenols is 1. The number of aryl methyl sites for hydroxylation is 1. The van der Waals surface area contributed by atoms with Gasteiger partial charge in [-0.15, -0.1) is 0 Å². The smallest absolute Gasteiger partial charge is 0.303 e. The van der Waals surface area contributed by atoms with Gasteiger partial charge in [-0.25, -0.2) is 0 Å². The van der Waals surface area contributed by atoms with E-state index >= 15 is 0 Å². The number of hydrogen-bond acceptors (Lipinski definition) is 3. The maximum absolute atomic E-state index is 11.5. The number of aliphatic hydroxyl groups is 1. The first kappa shape index (κ1) is 15.9. The minimum absolute atomic E-state index is 0.0603. The summed E-state index contributed by atoms with van der Waals surface area (Å²) in [6, 6.07) is 5.58. The van der Waals surface area contributed by atoms with Crippen LogP contribution in [0.2, 0.25) is 0 Å². The molecular formula is C20H26O4. The number of benzene rings is 1. The van der Waals surface area contributed by atoms with E-state index in [1.807, 2.05) is 12.1 Å². The van der Waals surface area contributed by atoms with Crippen LogP contribution < -0.4 is 0 Å². The molecule has 4 nitrogen and oxygen atoms in total. The van der Waals surface area contributed by atoms with Gasteiger partial charge >= 0.3 is 5.97 Å². The van der Waals surface area contributed by atoms with Crippen molar-refractivity contribution in [3.05, 3.63) is 29.3 Å². The van der Waals surface area contributed by atoms with Crippen LogP contribution >= 0.6 is 0 Å². The van der Waals surface area contributed by atoms with E-state index in [0.29, 0.717) is 17.6 Å². The Morgan fingerprint density at radius 2 is 2.08 bits per heavy atom. The van der Waals surface area contributed by atoms with Crippen molar-refractivity contribution < 1.29 is 20.1 Å². The summed E-state index contributed by atoms with van der Waals surface area (Å²) < 4.78 is 0. The lowest BCUT2D eigenvalue weighted by Gasteiger charge is -2.53. The molecule has 0 bridgehead atoms. The zero-order valence-corrected chi connectivity index (χ0v) is 14.1. The quantitative estimate of drug-likeness (QED) is 0.777. The third-order valence-corrected chi connectivity index (χ3v) is 7.22. The van der Waals surface area contributed by atoms with Gasteiger partial charge in [-0.3, -0.25) is 4.79 Å². The van der Waals surface area contributed by atoms with Crippen LogP contribution in [0.25, 0.3) is 0 Å². The molecule has 3 N–H and O–H groups in total. The molecule has 2 saturated carbocycles. The third kappa shape index (κ3) is 2.26. The van der Waals surface area contributed by atoms with Crippen LogP contribution in [0, 0.1) is 23.2 Å². The first-order valence-electron chi connectivity index (χ1n) is 9.12. The maximum atomic E-state index is 11.5. The number of aliphatic hydroxyl groups excluding tert-OH is 1. The maximum Gasteiger partial charge on any atom is 0.303 e. The van der Waals surface area contributed by atoms with Crippen LogP contribution in [0.4, 0.5) is 0 Å². The molecule has 0 aliphatic heterocycles. The van der Waals surface area contributed by atoms with Gasteiger partial charge in [0.15, 0.2) is 0 Å². The molecule has 4 heteroatoms. The Labute approximate surface area is 142 Å². The van der Waals surface area contributed by atoms with Crippen molar-refractivity contribution in [3.8, 4) is 5.75 Å². The molecule has 3 aliphatic carbocycles. The molecule has 1 aromatic carbocycles. The van der Waals surface area contributed by atoms with Gasteiger partial charge in [0.25, 0.3) is 0 Å². The SMILES string of the molecule is C[C@]12CC(CC(=O)O)[C@@H]3c4ccc(O)cc4CC[C@H]3[C@@H]1CC[C@H]2O. The Kier molecular flexibility index (Phi) is 3.64. The van der Waals surface area contributed by atoms with E-state index < -0.39 is 5.97 Å². The molecule has 6 atom stereocenters. The Bertz CT molecular complexity index is 670. The zero-order chi connectivity index (χ0) is 17.1. The summed E-state index contributed by atoms with van der Waals surface area (Å²) in [5.41, 5.74) is 2.27. The van der Waals surface area contributed by atoms with E-state index in [9.17, 15) is 20.1 Å². The fourth-order valence-corrected chi connectivity index (χ4v) is 6.27. The van der Waals surface area contributed by atoms with Gasteiger partial charge in [0, 0.05) is 6.42 Å². The minimum Gasteiger partial charge on any atom is -0.508 e. The molecule has 24 heavy (non-hydrogen) atoms. The number of carboxylic acids is 1. The van der Waals surface area contributed by atoms with Gasteiger partial charge in [0.1, 0.15) is 5.75 Å². The van der Waals surface area contributed by atoms with Crippen LogP contribution in [0.5, 0.6) is 5.75 Å². The fraction of sp³-hybridized carbons (Fsp3) is 0.650. The Hall–Kier alpha value is -1.55. The van der Waals surface area contributed by atoms with E-state index in [-0.39, 0.29) is 29.8 Å². The first-order chi connectivity index (χ1) is 11.4. The summed E-state index contributed by atoms with van der Waals surface area (Å²) in [6.07, 6.45) is 4.50. The van der Waals surface area contributed by atoms with Gasteiger partial charge < -0.3 is 15.3 Å². The van der Waals surface area contributed by atoms with Crippen molar-refractivity contribution in [2.24, 2.45) is 23.2 Å². The molecule has 0 amide bonds. The predicted molar refractivity (Wildman–Crippen MR) is 89.9 cm³/mol. The lowest BCUT2D eigenvalue weighted by molar-refractivity contribution is -0.140. The molecule has 1 unspecified atom stereocenters. The summed E-state index contributed by atoms with van der Waals surface area (Å²) in [5.74, 6) is 0.767. The monoisotopic (exact) mass is 330 g/mol. The highest BCUT2D eigenvalue weighted by atomic mass is 16.4. The average Bonchev–Trinajstić information content (AvgIpc) is 2.81. The van der Waals surface area contributed by atoms with Crippen molar-refractivity contribution in [1.29, 1.82) is 0 Å². The molecule has 0 radical (unpaired) electrons. The lowest BCUT2D eigenvalue weighted by Crippen LogP contribution is -2.48. The van der Waals surface area contributed by atoms with Gasteiger partial charge in [-0.2, -0.15) is 0 Å². The lowest BCUT2D eigenvalue weighted by atomic mass is 9.51. The van der Waals surface area contributed by atoms with Crippen molar-refractivity contribution in [2.75, 3.05) is 0 Å².